The van der Waals surface area contributed by atoms with E-state index in [0.717, 1.165) is 47.0 Å². The van der Waals surface area contributed by atoms with Gasteiger partial charge in [0.05, 0.1) is 19.9 Å². The topological polar surface area (TPSA) is 70.3 Å². The van der Waals surface area contributed by atoms with Crippen LogP contribution in [0.5, 0.6) is 11.5 Å². The first-order valence-corrected chi connectivity index (χ1v) is 7.00. The molecule has 1 heterocycles. The summed E-state index contributed by atoms with van der Waals surface area (Å²) in [6.45, 7) is 1.94. The molecule has 0 spiro atoms. The summed E-state index contributed by atoms with van der Waals surface area (Å²) in [5.41, 5.74) is 8.71. The van der Waals surface area contributed by atoms with Gasteiger partial charge in [-0.15, -0.1) is 0 Å². The van der Waals surface area contributed by atoms with Gasteiger partial charge in [-0.25, -0.2) is 9.97 Å². The van der Waals surface area contributed by atoms with Crippen LogP contribution in [0, 0.1) is 6.92 Å². The maximum Gasteiger partial charge on any atom is 0.134 e. The third kappa shape index (κ3) is 2.63. The first kappa shape index (κ1) is 13.7. The van der Waals surface area contributed by atoms with Gasteiger partial charge in [-0.1, -0.05) is 0 Å². The van der Waals surface area contributed by atoms with Gasteiger partial charge in [-0.3, -0.25) is 0 Å². The van der Waals surface area contributed by atoms with Gasteiger partial charge >= 0.3 is 0 Å². The molecule has 110 valence electrons. The summed E-state index contributed by atoms with van der Waals surface area (Å²) < 4.78 is 10.6. The highest BCUT2D eigenvalue weighted by molar-refractivity contribution is 5.70. The Bertz CT molecular complexity index is 659. The summed E-state index contributed by atoms with van der Waals surface area (Å²) in [6, 6.07) is 5.72. The van der Waals surface area contributed by atoms with Crippen LogP contribution in [0.25, 0.3) is 11.3 Å². The highest BCUT2D eigenvalue weighted by atomic mass is 16.5. The van der Waals surface area contributed by atoms with Gasteiger partial charge in [0, 0.05) is 23.1 Å². The van der Waals surface area contributed by atoms with Crippen molar-refractivity contribution in [2.75, 3.05) is 20.0 Å². The lowest BCUT2D eigenvalue weighted by Crippen LogP contribution is -2.04. The van der Waals surface area contributed by atoms with Gasteiger partial charge in [0.15, 0.2) is 0 Å². The minimum absolute atomic E-state index is 0.458. The number of hydrogen-bond donors (Lipinski definition) is 1. The van der Waals surface area contributed by atoms with E-state index >= 15 is 0 Å². The zero-order valence-electron chi connectivity index (χ0n) is 12.5. The van der Waals surface area contributed by atoms with Crippen LogP contribution in [-0.2, 0) is 0 Å². The number of nitrogens with two attached hydrogens (primary N) is 1. The molecule has 1 aliphatic carbocycles. The van der Waals surface area contributed by atoms with E-state index in [4.69, 9.17) is 20.2 Å². The van der Waals surface area contributed by atoms with Gasteiger partial charge in [-0.2, -0.15) is 0 Å². The van der Waals surface area contributed by atoms with Gasteiger partial charge in [0.1, 0.15) is 23.1 Å². The van der Waals surface area contributed by atoms with Crippen molar-refractivity contribution in [1.29, 1.82) is 0 Å². The second-order valence-corrected chi connectivity index (χ2v) is 5.32. The molecule has 5 nitrogen and oxygen atoms in total. The van der Waals surface area contributed by atoms with Crippen LogP contribution in [-0.4, -0.2) is 24.2 Å². The molecule has 1 fully saturated rings. The maximum atomic E-state index is 6.05. The van der Waals surface area contributed by atoms with Crippen molar-refractivity contribution in [2.24, 2.45) is 0 Å². The Labute approximate surface area is 124 Å². The molecule has 2 aromatic rings. The van der Waals surface area contributed by atoms with E-state index < -0.39 is 0 Å². The molecule has 0 atom stereocenters. The van der Waals surface area contributed by atoms with Crippen molar-refractivity contribution in [3.8, 4) is 22.8 Å². The first-order valence-electron chi connectivity index (χ1n) is 7.00. The van der Waals surface area contributed by atoms with Crippen molar-refractivity contribution in [3.63, 3.8) is 0 Å². The standard InChI is InChI=1S/C16H19N3O2/c1-9-14(18-16(10-4-5-10)19-15(9)17)11-6-12(20-2)8-13(7-11)21-3/h6-8,10H,4-5H2,1-3H3,(H2,17,18,19). The predicted molar refractivity (Wildman–Crippen MR) is 81.7 cm³/mol. The average Bonchev–Trinajstić information content (AvgIpc) is 3.34. The predicted octanol–water partition coefficient (Wildman–Crippen LogP) is 2.93. The third-order valence-electron chi connectivity index (χ3n) is 3.77. The van der Waals surface area contributed by atoms with E-state index in [-0.39, 0.29) is 0 Å². The van der Waals surface area contributed by atoms with E-state index in [9.17, 15) is 0 Å². The molecule has 1 saturated carbocycles. The largest absolute Gasteiger partial charge is 0.497 e. The summed E-state index contributed by atoms with van der Waals surface area (Å²) in [4.78, 5) is 9.12. The van der Waals surface area contributed by atoms with Gasteiger partial charge in [0.25, 0.3) is 0 Å². The van der Waals surface area contributed by atoms with Crippen LogP contribution in [0.4, 0.5) is 5.82 Å². The monoisotopic (exact) mass is 285 g/mol. The molecule has 0 amide bonds. The Kier molecular flexibility index (Phi) is 3.41. The maximum absolute atomic E-state index is 6.05. The SMILES string of the molecule is COc1cc(OC)cc(-c2nc(C3CC3)nc(N)c2C)c1. The number of nitrogens with zero attached hydrogens (tertiary/aromatic N) is 2. The Hall–Kier alpha value is -2.30. The smallest absolute Gasteiger partial charge is 0.134 e. The summed E-state index contributed by atoms with van der Waals surface area (Å²) in [7, 11) is 3.27. The number of aromatic nitrogens is 2. The molecule has 1 aromatic heterocycles. The Morgan fingerprint density at radius 2 is 1.67 bits per heavy atom. The van der Waals surface area contributed by atoms with Crippen LogP contribution in [0.3, 0.4) is 0 Å². The van der Waals surface area contributed by atoms with Crippen molar-refractivity contribution in [1.82, 2.24) is 9.97 Å². The number of nitrogen functional groups attached to an aromatic ring is 1. The third-order valence-corrected chi connectivity index (χ3v) is 3.77. The molecule has 0 bridgehead atoms. The molecule has 1 aliphatic rings. The molecule has 1 aromatic carbocycles. The molecule has 0 radical (unpaired) electrons. The van der Waals surface area contributed by atoms with E-state index in [2.05, 4.69) is 4.98 Å². The number of rotatable bonds is 4. The fourth-order valence-corrected chi connectivity index (χ4v) is 2.30. The molecule has 0 unspecified atom stereocenters. The Morgan fingerprint density at radius 3 is 2.19 bits per heavy atom. The number of anilines is 1. The number of methoxy groups -OCH3 is 2. The fourth-order valence-electron chi connectivity index (χ4n) is 2.30. The number of benzene rings is 1. The van der Waals surface area contributed by atoms with Crippen LogP contribution < -0.4 is 15.2 Å². The van der Waals surface area contributed by atoms with Crippen LogP contribution in [0.1, 0.15) is 30.1 Å². The van der Waals surface area contributed by atoms with Crippen molar-refractivity contribution >= 4 is 5.82 Å². The molecular weight excluding hydrogens is 266 g/mol. The Morgan fingerprint density at radius 1 is 1.05 bits per heavy atom. The molecule has 0 aliphatic heterocycles. The summed E-state index contributed by atoms with van der Waals surface area (Å²) in [5.74, 6) is 3.31. The highest BCUT2D eigenvalue weighted by Crippen LogP contribution is 2.40. The van der Waals surface area contributed by atoms with Gasteiger partial charge < -0.3 is 15.2 Å². The zero-order chi connectivity index (χ0) is 15.0. The summed E-state index contributed by atoms with van der Waals surface area (Å²) >= 11 is 0. The quantitative estimate of drug-likeness (QED) is 0.935. The zero-order valence-corrected chi connectivity index (χ0v) is 12.5. The number of hydrogen-bond acceptors (Lipinski definition) is 5. The molecule has 5 heteroatoms. The molecular formula is C16H19N3O2. The van der Waals surface area contributed by atoms with E-state index in [1.807, 2.05) is 25.1 Å². The lowest BCUT2D eigenvalue weighted by atomic mass is 10.1. The van der Waals surface area contributed by atoms with E-state index in [1.54, 1.807) is 14.2 Å². The van der Waals surface area contributed by atoms with E-state index in [0.29, 0.717) is 11.7 Å². The second-order valence-electron chi connectivity index (χ2n) is 5.32. The normalized spacial score (nSPS) is 14.0. The molecule has 2 N–H and O–H groups in total. The van der Waals surface area contributed by atoms with Gasteiger partial charge in [0.2, 0.25) is 0 Å². The minimum Gasteiger partial charge on any atom is -0.497 e. The second kappa shape index (κ2) is 5.24. The fraction of sp³-hybridized carbons (Fsp3) is 0.375. The van der Waals surface area contributed by atoms with Gasteiger partial charge in [-0.05, 0) is 31.9 Å². The Balaban J connectivity index is 2.14. The summed E-state index contributed by atoms with van der Waals surface area (Å²) in [6.07, 6.45) is 2.28. The molecule has 0 saturated heterocycles. The number of ether oxygens (including phenoxy) is 2. The average molecular weight is 285 g/mol. The van der Waals surface area contributed by atoms with Crippen molar-refractivity contribution < 1.29 is 9.47 Å². The van der Waals surface area contributed by atoms with Crippen molar-refractivity contribution in [3.05, 3.63) is 29.6 Å². The lowest BCUT2D eigenvalue weighted by molar-refractivity contribution is 0.394. The van der Waals surface area contributed by atoms with Crippen LogP contribution in [0.2, 0.25) is 0 Å². The molecule has 21 heavy (non-hydrogen) atoms. The minimum atomic E-state index is 0.458. The summed E-state index contributed by atoms with van der Waals surface area (Å²) in [5, 5.41) is 0. The van der Waals surface area contributed by atoms with Crippen molar-refractivity contribution in [2.45, 2.75) is 25.7 Å². The highest BCUT2D eigenvalue weighted by Gasteiger charge is 2.28. The van der Waals surface area contributed by atoms with E-state index in [1.165, 1.54) is 0 Å². The van der Waals surface area contributed by atoms with Crippen LogP contribution >= 0.6 is 0 Å². The first-order chi connectivity index (χ1) is 10.1. The lowest BCUT2D eigenvalue weighted by Gasteiger charge is -2.12. The van der Waals surface area contributed by atoms with Crippen LogP contribution in [0.15, 0.2) is 18.2 Å². The molecule has 3 rings (SSSR count).